The Morgan fingerprint density at radius 1 is 0.672 bits per heavy atom. The molecule has 1 spiro atoms. The summed E-state index contributed by atoms with van der Waals surface area (Å²) in [6, 6.07) is 11.4. The van der Waals surface area contributed by atoms with Crippen LogP contribution in [0.15, 0.2) is 48.8 Å². The zero-order valence-corrected chi connectivity index (χ0v) is 36.3. The summed E-state index contributed by atoms with van der Waals surface area (Å²) in [6.45, 7) is 8.88. The second-order valence-electron chi connectivity index (χ2n) is 18.0. The van der Waals surface area contributed by atoms with Gasteiger partial charge in [0.25, 0.3) is 0 Å². The molecule has 2 aliphatic heterocycles. The highest BCUT2D eigenvalue weighted by atomic mass is 16.5. The summed E-state index contributed by atoms with van der Waals surface area (Å²) in [5.74, 6) is 1.06. The topological polar surface area (TPSA) is 175 Å². The summed E-state index contributed by atoms with van der Waals surface area (Å²) in [5.41, 5.74) is 9.27. The molecule has 2 aromatic heterocycles. The van der Waals surface area contributed by atoms with Crippen molar-refractivity contribution in [3.05, 3.63) is 71.6 Å². The fourth-order valence-corrected chi connectivity index (χ4v) is 10.5. The molecule has 14 nitrogen and oxygen atoms in total. The van der Waals surface area contributed by atoms with E-state index in [1.54, 1.807) is 0 Å². The van der Waals surface area contributed by atoms with Crippen LogP contribution in [-0.4, -0.2) is 93.1 Å². The van der Waals surface area contributed by atoms with Gasteiger partial charge in [-0.15, -0.1) is 0 Å². The van der Waals surface area contributed by atoms with E-state index in [0.717, 1.165) is 72.7 Å². The molecule has 4 amide bonds. The van der Waals surface area contributed by atoms with E-state index in [1.807, 2.05) is 49.9 Å². The Bertz CT molecular complexity index is 2260. The first-order valence-electron chi connectivity index (χ1n) is 22.1. The van der Waals surface area contributed by atoms with Crippen LogP contribution in [0.1, 0.15) is 120 Å². The van der Waals surface area contributed by atoms with Crippen molar-refractivity contribution in [1.29, 1.82) is 0 Å². The summed E-state index contributed by atoms with van der Waals surface area (Å²) in [7, 11) is 2.61. The van der Waals surface area contributed by atoms with Crippen LogP contribution < -0.4 is 10.6 Å². The number of rotatable bonds is 11. The fourth-order valence-electron chi connectivity index (χ4n) is 10.5. The minimum Gasteiger partial charge on any atom is -0.453 e. The number of carbonyl (C=O) groups is 4. The number of benzene rings is 2. The Hall–Kier alpha value is -5.66. The van der Waals surface area contributed by atoms with E-state index in [4.69, 9.17) is 19.4 Å². The molecule has 8 rings (SSSR count). The minimum absolute atomic E-state index is 0.104. The number of methoxy groups -OCH3 is 2. The number of H-pyrrole nitrogens is 2. The van der Waals surface area contributed by atoms with Crippen molar-refractivity contribution < 1.29 is 28.7 Å². The number of hydrogen-bond acceptors (Lipinski definition) is 8. The van der Waals surface area contributed by atoms with Crippen LogP contribution in [0.5, 0.6) is 0 Å². The average molecular weight is 833 g/mol. The van der Waals surface area contributed by atoms with Crippen LogP contribution in [0, 0.1) is 11.8 Å². The standard InChI is InChI=1S/C47H60N8O6/c1-27(2)39(52-45(58)60-5)43(56)54-23-9-11-36(54)41-48-25-34(50-41)30-15-13-29(14-16-30)31-17-18-32(33-19-22-47(38(31)33)20-7-8-21-47)35-26-49-42(51-35)37-12-10-24-55(37)44(57)40(28(3)4)53-46(59)61-6/h13-18,25-28,36-37,39-40H,7-12,19-24H2,1-6H3,(H,48,50)(H,49,51)(H,52,58)(H,53,59)/t36-,37-,39-,40-/m0/s1. The summed E-state index contributed by atoms with van der Waals surface area (Å²) in [4.78, 5) is 72.4. The SMILES string of the molecule is COC(=O)N[C@H](C(=O)N1CCC[C@H]1c1nc(-c2ccc(-c3ccc(-c4c[nH]c([C@@H]5CCCN5C(=O)[C@@H](NC(=O)OC)C(C)C)n4)c4c3C3(CCCC3)CC4)cc2)c[nH]1)C(C)C. The third kappa shape index (κ3) is 8.01. The van der Waals surface area contributed by atoms with Crippen LogP contribution in [0.3, 0.4) is 0 Å². The molecule has 14 heteroatoms. The Kier molecular flexibility index (Phi) is 12.0. The largest absolute Gasteiger partial charge is 0.453 e. The molecule has 4 aliphatic rings. The van der Waals surface area contributed by atoms with Crippen molar-refractivity contribution in [2.45, 2.75) is 121 Å². The number of nitrogens with zero attached hydrogens (tertiary/aromatic N) is 4. The van der Waals surface area contributed by atoms with Crippen LogP contribution in [-0.2, 0) is 30.9 Å². The van der Waals surface area contributed by atoms with E-state index >= 15 is 0 Å². The number of fused-ring (bicyclic) bond motifs is 2. The lowest BCUT2D eigenvalue weighted by Crippen LogP contribution is -2.51. The summed E-state index contributed by atoms with van der Waals surface area (Å²) >= 11 is 0. The summed E-state index contributed by atoms with van der Waals surface area (Å²) < 4.78 is 9.62. The molecule has 4 heterocycles. The van der Waals surface area contributed by atoms with Gasteiger partial charge in [0.2, 0.25) is 11.8 Å². The highest BCUT2D eigenvalue weighted by Gasteiger charge is 2.44. The highest BCUT2D eigenvalue weighted by Crippen LogP contribution is 2.55. The van der Waals surface area contributed by atoms with E-state index in [-0.39, 0.29) is 41.1 Å². The first-order chi connectivity index (χ1) is 29.4. The minimum atomic E-state index is -0.687. The van der Waals surface area contributed by atoms with E-state index in [9.17, 15) is 19.2 Å². The predicted molar refractivity (Wildman–Crippen MR) is 231 cm³/mol. The number of carbonyl (C=O) groups excluding carboxylic acids is 4. The van der Waals surface area contributed by atoms with E-state index in [0.29, 0.717) is 13.1 Å². The van der Waals surface area contributed by atoms with Gasteiger partial charge in [0, 0.05) is 36.6 Å². The molecule has 2 saturated heterocycles. The maximum atomic E-state index is 13.8. The van der Waals surface area contributed by atoms with Gasteiger partial charge < -0.3 is 39.9 Å². The molecule has 2 aromatic carbocycles. The molecule has 0 radical (unpaired) electrons. The molecule has 0 unspecified atom stereocenters. The Balaban J connectivity index is 1.04. The molecule has 4 aromatic rings. The molecule has 61 heavy (non-hydrogen) atoms. The number of aromatic amines is 2. The summed E-state index contributed by atoms with van der Waals surface area (Å²) in [6.07, 6.45) is 12.9. The first-order valence-corrected chi connectivity index (χ1v) is 22.1. The number of nitrogens with one attached hydrogen (secondary N) is 4. The van der Waals surface area contributed by atoms with E-state index < -0.39 is 24.3 Å². The number of imidazole rings is 2. The van der Waals surface area contributed by atoms with Gasteiger partial charge in [-0.2, -0.15) is 0 Å². The van der Waals surface area contributed by atoms with Gasteiger partial charge in [-0.05, 0) is 90.9 Å². The number of aromatic nitrogens is 4. The van der Waals surface area contributed by atoms with Crippen LogP contribution >= 0.6 is 0 Å². The quantitative estimate of drug-likeness (QED) is 0.118. The van der Waals surface area contributed by atoms with Gasteiger partial charge in [0.05, 0.1) is 37.7 Å². The van der Waals surface area contributed by atoms with Crippen molar-refractivity contribution in [1.82, 2.24) is 40.4 Å². The maximum Gasteiger partial charge on any atom is 0.407 e. The Morgan fingerprint density at radius 2 is 1.16 bits per heavy atom. The lowest BCUT2D eigenvalue weighted by molar-refractivity contribution is -0.136. The number of hydrogen-bond donors (Lipinski definition) is 4. The number of amides is 4. The number of ether oxygens (including phenoxy) is 2. The van der Waals surface area contributed by atoms with Crippen molar-refractivity contribution in [3.8, 4) is 33.6 Å². The Labute approximate surface area is 358 Å². The van der Waals surface area contributed by atoms with Gasteiger partial charge >= 0.3 is 12.2 Å². The molecular weight excluding hydrogens is 773 g/mol. The third-order valence-electron chi connectivity index (χ3n) is 13.7. The zero-order valence-electron chi connectivity index (χ0n) is 36.3. The molecule has 4 atom stereocenters. The highest BCUT2D eigenvalue weighted by molar-refractivity contribution is 5.87. The van der Waals surface area contributed by atoms with Gasteiger partial charge in [0.15, 0.2) is 0 Å². The molecule has 1 saturated carbocycles. The number of alkyl carbamates (subject to hydrolysis) is 2. The van der Waals surface area contributed by atoms with Crippen molar-refractivity contribution in [3.63, 3.8) is 0 Å². The van der Waals surface area contributed by atoms with Crippen LogP contribution in [0.4, 0.5) is 9.59 Å². The summed E-state index contributed by atoms with van der Waals surface area (Å²) in [5, 5.41) is 5.47. The Morgan fingerprint density at radius 3 is 1.69 bits per heavy atom. The molecule has 4 N–H and O–H groups in total. The van der Waals surface area contributed by atoms with Gasteiger partial charge in [-0.3, -0.25) is 9.59 Å². The molecule has 324 valence electrons. The van der Waals surface area contributed by atoms with E-state index in [1.165, 1.54) is 62.2 Å². The molecule has 2 aliphatic carbocycles. The second kappa shape index (κ2) is 17.4. The second-order valence-corrected chi connectivity index (χ2v) is 18.0. The normalized spacial score (nSPS) is 20.3. The molecular formula is C47H60N8O6. The lowest BCUT2D eigenvalue weighted by atomic mass is 9.76. The maximum absolute atomic E-state index is 13.8. The lowest BCUT2D eigenvalue weighted by Gasteiger charge is -2.30. The van der Waals surface area contributed by atoms with Crippen LogP contribution in [0.2, 0.25) is 0 Å². The van der Waals surface area contributed by atoms with Gasteiger partial charge in [0.1, 0.15) is 23.7 Å². The van der Waals surface area contributed by atoms with Crippen molar-refractivity contribution in [2.75, 3.05) is 27.3 Å². The molecule has 0 bridgehead atoms. The zero-order chi connectivity index (χ0) is 43.0. The van der Waals surface area contributed by atoms with Crippen molar-refractivity contribution in [2.24, 2.45) is 11.8 Å². The average Bonchev–Trinajstić information content (AvgIpc) is 4.13. The monoisotopic (exact) mass is 832 g/mol. The third-order valence-corrected chi connectivity index (χ3v) is 13.7. The molecule has 3 fully saturated rings. The smallest absolute Gasteiger partial charge is 0.407 e. The first kappa shape index (κ1) is 42.0. The van der Waals surface area contributed by atoms with Crippen LogP contribution in [0.25, 0.3) is 33.6 Å². The fraction of sp³-hybridized carbons (Fsp3) is 0.532. The van der Waals surface area contributed by atoms with E-state index in [2.05, 4.69) is 57.0 Å². The number of likely N-dealkylation sites (tertiary alicyclic amines) is 2. The van der Waals surface area contributed by atoms with Crippen molar-refractivity contribution >= 4 is 24.0 Å². The predicted octanol–water partition coefficient (Wildman–Crippen LogP) is 7.98. The van der Waals surface area contributed by atoms with Gasteiger partial charge in [-0.25, -0.2) is 19.6 Å². The van der Waals surface area contributed by atoms with Gasteiger partial charge in [-0.1, -0.05) is 76.9 Å².